The first kappa shape index (κ1) is 42.7. The molecule has 332 valence electrons. The highest BCUT2D eigenvalue weighted by molar-refractivity contribution is 6.61. The quantitative estimate of drug-likeness (QED) is 0.0980. The number of hydrogen-bond donors (Lipinski definition) is 8. The third-order valence-corrected chi connectivity index (χ3v) is 15.3. The number of fused-ring (bicyclic) bond motifs is 8. The predicted octanol–water partition coefficient (Wildman–Crippen LogP) is 5.09. The lowest BCUT2D eigenvalue weighted by Gasteiger charge is -2.51. The van der Waals surface area contributed by atoms with Gasteiger partial charge in [-0.1, -0.05) is 170 Å². The van der Waals surface area contributed by atoms with E-state index in [-0.39, 0.29) is 21.9 Å². The van der Waals surface area contributed by atoms with Crippen molar-refractivity contribution in [2.75, 3.05) is 0 Å². The molecule has 70 heavy (non-hydrogen) atoms. The number of benzene rings is 10. The van der Waals surface area contributed by atoms with E-state index in [4.69, 9.17) is 0 Å². The Morgan fingerprint density at radius 3 is 0.657 bits per heavy atom. The fourth-order valence-electron chi connectivity index (χ4n) is 12.5. The zero-order chi connectivity index (χ0) is 47.8. The zero-order valence-electron chi connectivity index (χ0n) is 37.4. The monoisotopic (exact) mass is 908 g/mol. The third-order valence-electron chi connectivity index (χ3n) is 15.3. The van der Waals surface area contributed by atoms with Crippen LogP contribution in [0.25, 0.3) is 66.1 Å². The predicted molar refractivity (Wildman–Crippen MR) is 280 cm³/mol. The van der Waals surface area contributed by atoms with Gasteiger partial charge in [0, 0.05) is 0 Å². The molecule has 0 saturated heterocycles. The summed E-state index contributed by atoms with van der Waals surface area (Å²) in [7, 11) is -7.18. The van der Waals surface area contributed by atoms with E-state index in [9.17, 15) is 40.2 Å². The Labute approximate surface area is 404 Å². The van der Waals surface area contributed by atoms with Gasteiger partial charge in [-0.05, 0) is 157 Å². The van der Waals surface area contributed by atoms with Gasteiger partial charge in [0.2, 0.25) is 0 Å². The normalized spacial score (nSPS) is 13.9. The molecule has 0 radical (unpaired) electrons. The molecular weight excluding hydrogens is 868 g/mol. The summed E-state index contributed by atoms with van der Waals surface area (Å²) in [6, 6.07) is 64.9. The van der Waals surface area contributed by atoms with E-state index in [1.807, 2.05) is 48.5 Å². The van der Waals surface area contributed by atoms with Crippen molar-refractivity contribution in [2.45, 2.75) is 10.8 Å². The second-order valence-corrected chi connectivity index (χ2v) is 18.8. The maximum Gasteiger partial charge on any atom is 0.488 e. The Balaban J connectivity index is 1.28. The third kappa shape index (κ3) is 5.82. The van der Waals surface area contributed by atoms with Crippen LogP contribution in [0.1, 0.15) is 44.5 Å². The summed E-state index contributed by atoms with van der Waals surface area (Å²) in [5, 5.41) is 88.9. The summed E-state index contributed by atoms with van der Waals surface area (Å²) in [5.41, 5.74) is 13.2. The van der Waals surface area contributed by atoms with Crippen LogP contribution < -0.4 is 21.9 Å². The minimum Gasteiger partial charge on any atom is -0.423 e. The molecule has 0 amide bonds. The van der Waals surface area contributed by atoms with E-state index in [1.165, 1.54) is 0 Å². The molecule has 3 aliphatic carbocycles. The molecule has 12 heteroatoms. The van der Waals surface area contributed by atoms with E-state index in [0.29, 0.717) is 10.8 Å². The Bertz CT molecular complexity index is 3310. The Kier molecular flexibility index (Phi) is 9.51. The maximum atomic E-state index is 10.7. The SMILES string of the molecule is OB(O)c1cc2c3c(cc(B(O)O)cc3c1)-c1cc3c(cc1-2)C(c1ccccc1)(c1ccccc1)c1cc2c(cc1C3(c1ccccc1)c1ccccc1)-c1cc(B(O)O)cc3cc(B(O)O)cc-2c13. The van der Waals surface area contributed by atoms with Crippen LogP contribution >= 0.6 is 0 Å². The van der Waals surface area contributed by atoms with Gasteiger partial charge >= 0.3 is 28.5 Å². The van der Waals surface area contributed by atoms with Crippen LogP contribution in [0.4, 0.5) is 0 Å². The molecule has 0 spiro atoms. The largest absolute Gasteiger partial charge is 0.488 e. The molecule has 0 unspecified atom stereocenters. The van der Waals surface area contributed by atoms with Gasteiger partial charge in [-0.25, -0.2) is 0 Å². The molecule has 0 saturated carbocycles. The molecular formula is C58H40B4O8. The van der Waals surface area contributed by atoms with Crippen LogP contribution in [0.5, 0.6) is 0 Å². The average molecular weight is 908 g/mol. The standard InChI is InChI=1S/C58H40B4O8/c63-59(64)39-21-33-23-41(61(67)68)27-49-45-31-53-51(29-43(45)47(25-39)55(33)49)57(35-13-5-1-6-14-35,36-15-7-2-8-16-36)52-30-44-46(32-54(52)58(53,37-17-9-3-10-18-37)38-19-11-4-12-20-38)50-28-42(62(69)70)24-34-22-40(60(65)66)26-48(44)56(34)50/h1-32,63-70H. The Morgan fingerprint density at radius 1 is 0.243 bits per heavy atom. The molecule has 3 aliphatic rings. The molecule has 8 nitrogen and oxygen atoms in total. The van der Waals surface area contributed by atoms with Crippen LogP contribution in [-0.4, -0.2) is 68.7 Å². The summed E-state index contributed by atoms with van der Waals surface area (Å²) in [5.74, 6) is 0. The minimum absolute atomic E-state index is 0.266. The van der Waals surface area contributed by atoms with Gasteiger partial charge in [-0.15, -0.1) is 0 Å². The molecule has 0 heterocycles. The van der Waals surface area contributed by atoms with Crippen molar-refractivity contribution < 1.29 is 40.2 Å². The fourth-order valence-corrected chi connectivity index (χ4v) is 12.5. The first-order valence-corrected chi connectivity index (χ1v) is 23.3. The van der Waals surface area contributed by atoms with Gasteiger partial charge in [-0.3, -0.25) is 0 Å². The molecule has 10 aromatic carbocycles. The second-order valence-electron chi connectivity index (χ2n) is 18.8. The van der Waals surface area contributed by atoms with Crippen molar-refractivity contribution in [2.24, 2.45) is 0 Å². The number of rotatable bonds is 8. The van der Waals surface area contributed by atoms with Crippen LogP contribution in [0, 0.1) is 0 Å². The molecule has 0 fully saturated rings. The van der Waals surface area contributed by atoms with Crippen LogP contribution in [-0.2, 0) is 10.8 Å². The maximum absolute atomic E-state index is 10.7. The highest BCUT2D eigenvalue weighted by atomic mass is 16.4. The summed E-state index contributed by atoms with van der Waals surface area (Å²) in [4.78, 5) is 0. The fraction of sp³-hybridized carbons (Fsp3) is 0.0345. The summed E-state index contributed by atoms with van der Waals surface area (Å²) in [6.45, 7) is 0. The highest BCUT2D eigenvalue weighted by Crippen LogP contribution is 2.64. The zero-order valence-corrected chi connectivity index (χ0v) is 37.4. The first-order chi connectivity index (χ1) is 34.0. The topological polar surface area (TPSA) is 162 Å². The van der Waals surface area contributed by atoms with Crippen molar-refractivity contribution in [1.29, 1.82) is 0 Å². The van der Waals surface area contributed by atoms with E-state index >= 15 is 0 Å². The Hall–Kier alpha value is -7.34. The van der Waals surface area contributed by atoms with Crippen molar-refractivity contribution >= 4 is 71.9 Å². The minimum atomic E-state index is -1.79. The molecule has 0 bridgehead atoms. The summed E-state index contributed by atoms with van der Waals surface area (Å²) >= 11 is 0. The van der Waals surface area contributed by atoms with Gasteiger partial charge in [0.1, 0.15) is 0 Å². The molecule has 0 aliphatic heterocycles. The van der Waals surface area contributed by atoms with Gasteiger partial charge in [0.05, 0.1) is 10.8 Å². The van der Waals surface area contributed by atoms with Crippen molar-refractivity contribution in [3.8, 4) is 44.5 Å². The van der Waals surface area contributed by atoms with E-state index in [1.54, 1.807) is 24.3 Å². The van der Waals surface area contributed by atoms with Crippen LogP contribution in [0.15, 0.2) is 194 Å². The number of hydrogen-bond acceptors (Lipinski definition) is 8. The first-order valence-electron chi connectivity index (χ1n) is 23.3. The van der Waals surface area contributed by atoms with Crippen LogP contribution in [0.3, 0.4) is 0 Å². The van der Waals surface area contributed by atoms with Crippen molar-refractivity contribution in [1.82, 2.24) is 0 Å². The Morgan fingerprint density at radius 2 is 0.457 bits per heavy atom. The van der Waals surface area contributed by atoms with E-state index in [0.717, 1.165) is 99.8 Å². The van der Waals surface area contributed by atoms with Gasteiger partial charge in [0.25, 0.3) is 0 Å². The molecule has 0 atom stereocenters. The average Bonchev–Trinajstić information content (AvgIpc) is 3.87. The summed E-state index contributed by atoms with van der Waals surface area (Å²) in [6.07, 6.45) is 0. The molecule has 10 aromatic rings. The van der Waals surface area contributed by atoms with Crippen molar-refractivity contribution in [3.63, 3.8) is 0 Å². The van der Waals surface area contributed by atoms with E-state index in [2.05, 4.69) is 121 Å². The lowest BCUT2D eigenvalue weighted by atomic mass is 9.50. The second kappa shape index (κ2) is 15.6. The lowest BCUT2D eigenvalue weighted by molar-refractivity contribution is 0.424. The molecule has 0 aromatic heterocycles. The molecule has 13 rings (SSSR count). The lowest BCUT2D eigenvalue weighted by Crippen LogP contribution is -2.45. The summed E-state index contributed by atoms with van der Waals surface area (Å²) < 4.78 is 0. The van der Waals surface area contributed by atoms with Gasteiger partial charge in [-0.2, -0.15) is 0 Å². The smallest absolute Gasteiger partial charge is 0.423 e. The van der Waals surface area contributed by atoms with E-state index < -0.39 is 39.3 Å². The highest BCUT2D eigenvalue weighted by Gasteiger charge is 2.55. The van der Waals surface area contributed by atoms with Crippen LogP contribution in [0.2, 0.25) is 0 Å². The van der Waals surface area contributed by atoms with Crippen molar-refractivity contribution in [3.05, 3.63) is 239 Å². The molecule has 8 N–H and O–H groups in total. The van der Waals surface area contributed by atoms with Gasteiger partial charge in [0.15, 0.2) is 0 Å². The van der Waals surface area contributed by atoms with Gasteiger partial charge < -0.3 is 40.2 Å².